The number of halogens is 1. The highest BCUT2D eigenvalue weighted by molar-refractivity contribution is 6.01. The molecule has 32 heavy (non-hydrogen) atoms. The Morgan fingerprint density at radius 1 is 1.19 bits per heavy atom. The highest BCUT2D eigenvalue weighted by Gasteiger charge is 2.87. The Morgan fingerprint density at radius 3 is 2.72 bits per heavy atom. The molecule has 5 fully saturated rings. The minimum Gasteiger partial charge on any atom is -0.460 e. The molecule has 0 aromatic carbocycles. The van der Waals surface area contributed by atoms with E-state index < -0.39 is 52.0 Å². The monoisotopic (exact) mass is 446 g/mol. The number of carbonyl (C=O) groups is 2. The summed E-state index contributed by atoms with van der Waals surface area (Å²) in [4.78, 5) is 25.3. The van der Waals surface area contributed by atoms with Crippen LogP contribution in [0.25, 0.3) is 0 Å². The second-order valence-electron chi connectivity index (χ2n) is 11.2. The third-order valence-electron chi connectivity index (χ3n) is 9.94. The molecule has 4 aliphatic carbocycles. The summed E-state index contributed by atoms with van der Waals surface area (Å²) >= 11 is 0. The summed E-state index contributed by atoms with van der Waals surface area (Å²) in [7, 11) is 0. The maximum Gasteiger partial charge on any atom is 0.342 e. The SMILES string of the molecule is CCC[C@@H]1O[C@@]23COC(=O)[C@]2(O1)[C@@]1(C)C[C@H](O)[C@@]2(F)[C@@H](CCC4=CC(=O)C=C[C@@]42C)[C@@H]1C3. The molecule has 6 aliphatic rings. The van der Waals surface area contributed by atoms with Crippen LogP contribution >= 0.6 is 0 Å². The van der Waals surface area contributed by atoms with Crippen molar-refractivity contribution in [2.75, 3.05) is 6.61 Å². The average molecular weight is 447 g/mol. The maximum atomic E-state index is 17.3. The number of hydrogen-bond donors (Lipinski definition) is 1. The zero-order chi connectivity index (χ0) is 22.7. The number of ether oxygens (including phenoxy) is 3. The van der Waals surface area contributed by atoms with Gasteiger partial charge in [-0.3, -0.25) is 4.79 Å². The van der Waals surface area contributed by atoms with Gasteiger partial charge >= 0.3 is 5.97 Å². The van der Waals surface area contributed by atoms with Crippen LogP contribution in [0, 0.1) is 22.7 Å². The van der Waals surface area contributed by atoms with Crippen molar-refractivity contribution in [2.24, 2.45) is 22.7 Å². The molecule has 6 nitrogen and oxygen atoms in total. The number of allylic oxidation sites excluding steroid dienone is 4. The first-order valence-corrected chi connectivity index (χ1v) is 11.9. The zero-order valence-corrected chi connectivity index (χ0v) is 18.9. The van der Waals surface area contributed by atoms with Gasteiger partial charge in [-0.2, -0.15) is 0 Å². The molecule has 174 valence electrons. The third-order valence-corrected chi connectivity index (χ3v) is 9.94. The van der Waals surface area contributed by atoms with Gasteiger partial charge in [0.15, 0.2) is 17.7 Å². The molecule has 0 amide bonds. The summed E-state index contributed by atoms with van der Waals surface area (Å²) in [6, 6.07) is 0. The Labute approximate surface area is 187 Å². The van der Waals surface area contributed by atoms with Crippen LogP contribution in [0.2, 0.25) is 0 Å². The molecule has 3 saturated carbocycles. The highest BCUT2D eigenvalue weighted by Crippen LogP contribution is 2.75. The number of aliphatic hydroxyl groups excluding tert-OH is 1. The van der Waals surface area contributed by atoms with E-state index in [2.05, 4.69) is 0 Å². The number of ketones is 1. The van der Waals surface area contributed by atoms with Crippen molar-refractivity contribution in [3.8, 4) is 0 Å². The molecule has 2 saturated heterocycles. The molecular weight excluding hydrogens is 415 g/mol. The van der Waals surface area contributed by atoms with Crippen molar-refractivity contribution in [3.05, 3.63) is 23.8 Å². The largest absolute Gasteiger partial charge is 0.460 e. The van der Waals surface area contributed by atoms with Crippen molar-refractivity contribution >= 4 is 11.8 Å². The van der Waals surface area contributed by atoms with Gasteiger partial charge in [0.2, 0.25) is 5.60 Å². The number of alkyl halides is 1. The lowest BCUT2D eigenvalue weighted by Crippen LogP contribution is -2.69. The number of carbonyl (C=O) groups excluding carboxylic acids is 2. The van der Waals surface area contributed by atoms with Crippen LogP contribution in [0.4, 0.5) is 4.39 Å². The van der Waals surface area contributed by atoms with Crippen LogP contribution in [0.5, 0.6) is 0 Å². The fourth-order valence-corrected chi connectivity index (χ4v) is 8.51. The van der Waals surface area contributed by atoms with Gasteiger partial charge in [0.05, 0.1) is 6.10 Å². The summed E-state index contributed by atoms with van der Waals surface area (Å²) in [6.45, 7) is 5.90. The molecule has 1 N–H and O–H groups in total. The molecule has 0 unspecified atom stereocenters. The second-order valence-corrected chi connectivity index (χ2v) is 11.2. The first-order valence-electron chi connectivity index (χ1n) is 11.9. The van der Waals surface area contributed by atoms with Crippen molar-refractivity contribution in [1.29, 1.82) is 0 Å². The third kappa shape index (κ3) is 2.00. The maximum absolute atomic E-state index is 17.3. The molecule has 0 aromatic heterocycles. The number of hydrogen-bond acceptors (Lipinski definition) is 6. The Balaban J connectivity index is 1.47. The number of fused-ring (bicyclic) bond motifs is 5. The van der Waals surface area contributed by atoms with Crippen molar-refractivity contribution in [2.45, 2.75) is 88.6 Å². The molecule has 9 atom stereocenters. The van der Waals surface area contributed by atoms with E-state index in [-0.39, 0.29) is 24.7 Å². The lowest BCUT2D eigenvalue weighted by molar-refractivity contribution is -0.237. The Morgan fingerprint density at radius 2 is 1.97 bits per heavy atom. The number of cyclic esters (lactones) is 1. The Hall–Kier alpha value is -1.57. The first-order chi connectivity index (χ1) is 15.1. The van der Waals surface area contributed by atoms with Gasteiger partial charge in [0.25, 0.3) is 0 Å². The minimum atomic E-state index is -1.94. The Bertz CT molecular complexity index is 975. The van der Waals surface area contributed by atoms with Gasteiger partial charge in [0, 0.05) is 16.7 Å². The van der Waals surface area contributed by atoms with Gasteiger partial charge < -0.3 is 19.3 Å². The Kier molecular flexibility index (Phi) is 4.00. The number of aliphatic hydroxyl groups is 1. The standard InChI is InChI=1S/C25H31FO6/c1-4-5-19-31-23-11-17-16-7-6-14-10-15(27)8-9-21(14,2)24(16,26)18(28)12-22(17,3)25(23,32-19)20(29)30-13-23/h8-10,16-19,28H,4-7,11-13H2,1-3H3/t16-,17-,18-,19+,21-,22-,23-,24-,25-/m0/s1. The van der Waals surface area contributed by atoms with E-state index in [4.69, 9.17) is 14.2 Å². The summed E-state index contributed by atoms with van der Waals surface area (Å²) < 4.78 is 35.6. The van der Waals surface area contributed by atoms with Gasteiger partial charge in [0.1, 0.15) is 12.2 Å². The van der Waals surface area contributed by atoms with Crippen LogP contribution in [0.3, 0.4) is 0 Å². The fourth-order valence-electron chi connectivity index (χ4n) is 8.51. The molecule has 0 spiro atoms. The van der Waals surface area contributed by atoms with Crippen LogP contribution in [-0.4, -0.2) is 52.7 Å². The predicted molar refractivity (Wildman–Crippen MR) is 111 cm³/mol. The van der Waals surface area contributed by atoms with Gasteiger partial charge in [-0.25, -0.2) is 9.18 Å². The summed E-state index contributed by atoms with van der Waals surface area (Å²) in [6.07, 6.45) is 5.96. The zero-order valence-electron chi connectivity index (χ0n) is 18.9. The lowest BCUT2D eigenvalue weighted by atomic mass is 9.45. The smallest absolute Gasteiger partial charge is 0.342 e. The van der Waals surface area contributed by atoms with Crippen molar-refractivity contribution in [1.82, 2.24) is 0 Å². The molecule has 2 heterocycles. The van der Waals surface area contributed by atoms with Crippen LogP contribution in [0.1, 0.15) is 59.3 Å². The number of rotatable bonds is 2. The quantitative estimate of drug-likeness (QED) is 0.656. The molecule has 7 heteroatoms. The van der Waals surface area contributed by atoms with E-state index in [1.807, 2.05) is 13.8 Å². The summed E-state index contributed by atoms with van der Waals surface area (Å²) in [5.41, 5.74) is -5.32. The van der Waals surface area contributed by atoms with Crippen LogP contribution < -0.4 is 0 Å². The van der Waals surface area contributed by atoms with Crippen molar-refractivity contribution in [3.63, 3.8) is 0 Å². The van der Waals surface area contributed by atoms with Crippen molar-refractivity contribution < 1.29 is 33.3 Å². The lowest BCUT2D eigenvalue weighted by Gasteiger charge is -2.62. The molecular formula is C25H31FO6. The molecule has 0 aromatic rings. The van der Waals surface area contributed by atoms with E-state index in [9.17, 15) is 14.7 Å². The van der Waals surface area contributed by atoms with E-state index in [0.717, 1.165) is 12.0 Å². The van der Waals surface area contributed by atoms with Crippen LogP contribution in [-0.2, 0) is 23.8 Å². The second kappa shape index (κ2) is 6.10. The van der Waals surface area contributed by atoms with Gasteiger partial charge in [-0.1, -0.05) is 31.9 Å². The molecule has 0 bridgehead atoms. The van der Waals surface area contributed by atoms with E-state index in [1.54, 1.807) is 13.0 Å². The highest BCUT2D eigenvalue weighted by atomic mass is 19.1. The molecule has 0 radical (unpaired) electrons. The van der Waals surface area contributed by atoms with E-state index in [0.29, 0.717) is 25.7 Å². The number of esters is 1. The summed E-state index contributed by atoms with van der Waals surface area (Å²) in [5.74, 6) is -1.27. The van der Waals surface area contributed by atoms with Gasteiger partial charge in [-0.05, 0) is 57.1 Å². The van der Waals surface area contributed by atoms with E-state index in [1.165, 1.54) is 12.2 Å². The van der Waals surface area contributed by atoms with E-state index >= 15 is 4.39 Å². The molecule has 2 aliphatic heterocycles. The first kappa shape index (κ1) is 21.0. The average Bonchev–Trinajstić information content (AvgIpc) is 3.27. The fraction of sp³-hybridized carbons (Fsp3) is 0.760. The topological polar surface area (TPSA) is 82.1 Å². The predicted octanol–water partition coefficient (Wildman–Crippen LogP) is 3.17. The van der Waals surface area contributed by atoms with Crippen LogP contribution in [0.15, 0.2) is 23.8 Å². The molecule has 6 rings (SSSR count). The normalized spacial score (nSPS) is 55.5. The van der Waals surface area contributed by atoms with Gasteiger partial charge in [-0.15, -0.1) is 0 Å². The summed E-state index contributed by atoms with van der Waals surface area (Å²) in [5, 5.41) is 11.5. The minimum absolute atomic E-state index is 0.0778.